The topological polar surface area (TPSA) is 56.7 Å². The Morgan fingerprint density at radius 2 is 0.958 bits per heavy atom. The van der Waals surface area contributed by atoms with Gasteiger partial charge in [-0.1, -0.05) is 121 Å². The van der Waals surface area contributed by atoms with Crippen molar-refractivity contribution in [2.45, 2.75) is 0 Å². The highest BCUT2D eigenvalue weighted by Crippen LogP contribution is 2.40. The van der Waals surface area contributed by atoms with Crippen LogP contribution in [0.25, 0.3) is 94.4 Å². The summed E-state index contributed by atoms with van der Waals surface area (Å²) >= 11 is 0. The third-order valence-electron chi connectivity index (χ3n) is 9.24. The van der Waals surface area contributed by atoms with E-state index in [2.05, 4.69) is 108 Å². The second kappa shape index (κ2) is 10.5. The molecule has 5 heteroatoms. The van der Waals surface area contributed by atoms with E-state index >= 15 is 0 Å². The smallest absolute Gasteiger partial charge is 0.164 e. The van der Waals surface area contributed by atoms with Crippen molar-refractivity contribution in [1.82, 2.24) is 19.5 Å². The first kappa shape index (κ1) is 26.6. The van der Waals surface area contributed by atoms with Crippen LogP contribution in [-0.2, 0) is 0 Å². The summed E-state index contributed by atoms with van der Waals surface area (Å²) in [5, 5.41) is 6.60. The fraction of sp³-hybridized carbons (Fsp3) is 0. The third-order valence-corrected chi connectivity index (χ3v) is 9.24. The van der Waals surface area contributed by atoms with Gasteiger partial charge < -0.3 is 8.98 Å². The molecular weight excluding hydrogens is 589 g/mol. The van der Waals surface area contributed by atoms with Gasteiger partial charge in [0.05, 0.1) is 11.0 Å². The van der Waals surface area contributed by atoms with Crippen molar-refractivity contribution in [2.24, 2.45) is 0 Å². The number of para-hydroxylation sites is 3. The number of hydrogen-bond donors (Lipinski definition) is 0. The van der Waals surface area contributed by atoms with Crippen molar-refractivity contribution in [3.63, 3.8) is 0 Å². The molecule has 0 atom stereocenters. The lowest BCUT2D eigenvalue weighted by Gasteiger charge is -2.12. The first-order valence-corrected chi connectivity index (χ1v) is 16.0. The summed E-state index contributed by atoms with van der Waals surface area (Å²) in [6.07, 6.45) is 0. The van der Waals surface area contributed by atoms with E-state index in [1.165, 1.54) is 10.8 Å². The van der Waals surface area contributed by atoms with Crippen LogP contribution >= 0.6 is 0 Å². The van der Waals surface area contributed by atoms with Crippen LogP contribution in [0.4, 0.5) is 0 Å². The van der Waals surface area contributed by atoms with Crippen LogP contribution in [-0.4, -0.2) is 19.5 Å². The summed E-state index contributed by atoms with van der Waals surface area (Å²) < 4.78 is 8.72. The van der Waals surface area contributed by atoms with Crippen molar-refractivity contribution >= 4 is 54.5 Å². The quantitative estimate of drug-likeness (QED) is 0.198. The van der Waals surface area contributed by atoms with Crippen molar-refractivity contribution < 1.29 is 4.42 Å². The second-order valence-corrected chi connectivity index (χ2v) is 12.0. The first-order chi connectivity index (χ1) is 23.8. The highest BCUT2D eigenvalue weighted by Gasteiger charge is 2.19. The molecule has 0 saturated heterocycles. The molecule has 0 bridgehead atoms. The van der Waals surface area contributed by atoms with Crippen LogP contribution in [0.3, 0.4) is 0 Å². The van der Waals surface area contributed by atoms with Gasteiger partial charge >= 0.3 is 0 Å². The standard InChI is InChI=1S/C43H26N4O/c1-2-13-27(14-3-1)41-44-42(28-15-12-16-29(25-28)47-37-22-9-6-18-31(37)32-19-7-10-23-38(32)47)46-43(45-41)36-26-35-33-20-8-11-24-39(33)48-40(35)34-21-5-4-17-30(34)36/h1-26H. The fourth-order valence-corrected chi connectivity index (χ4v) is 7.06. The zero-order valence-electron chi connectivity index (χ0n) is 25.7. The molecule has 0 aliphatic carbocycles. The predicted molar refractivity (Wildman–Crippen MR) is 195 cm³/mol. The third kappa shape index (κ3) is 4.08. The zero-order chi connectivity index (χ0) is 31.6. The van der Waals surface area contributed by atoms with E-state index in [1.54, 1.807) is 0 Å². The van der Waals surface area contributed by atoms with E-state index in [4.69, 9.17) is 19.4 Å². The minimum atomic E-state index is 0.614. The minimum Gasteiger partial charge on any atom is -0.455 e. The SMILES string of the molecule is c1ccc(-c2nc(-c3cccc(-n4c5ccccc5c5ccccc54)c3)nc(-c3cc4c5ccccc5oc4c4ccccc34)n2)cc1. The molecule has 10 aromatic rings. The molecule has 0 aliphatic heterocycles. The Hall–Kier alpha value is -6.59. The van der Waals surface area contributed by atoms with E-state index in [-0.39, 0.29) is 0 Å². The first-order valence-electron chi connectivity index (χ1n) is 16.0. The van der Waals surface area contributed by atoms with E-state index in [1.807, 2.05) is 54.6 Å². The van der Waals surface area contributed by atoms with Gasteiger partial charge in [0.1, 0.15) is 11.2 Å². The molecule has 0 N–H and O–H groups in total. The van der Waals surface area contributed by atoms with Gasteiger partial charge in [-0.25, -0.2) is 15.0 Å². The molecule has 0 spiro atoms. The molecule has 224 valence electrons. The van der Waals surface area contributed by atoms with Crippen LogP contribution in [0.2, 0.25) is 0 Å². The molecule has 7 aromatic carbocycles. The Labute approximate surface area is 275 Å². The average molecular weight is 615 g/mol. The summed E-state index contributed by atoms with van der Waals surface area (Å²) in [4.78, 5) is 15.4. The summed E-state index contributed by atoms with van der Waals surface area (Å²) in [7, 11) is 0. The van der Waals surface area contributed by atoms with Gasteiger partial charge in [0.25, 0.3) is 0 Å². The van der Waals surface area contributed by atoms with Crippen molar-refractivity contribution in [3.05, 3.63) is 158 Å². The Morgan fingerprint density at radius 3 is 1.71 bits per heavy atom. The summed E-state index contributed by atoms with van der Waals surface area (Å²) in [6.45, 7) is 0. The van der Waals surface area contributed by atoms with Crippen LogP contribution in [0.1, 0.15) is 0 Å². The monoisotopic (exact) mass is 614 g/mol. The van der Waals surface area contributed by atoms with E-state index in [9.17, 15) is 0 Å². The van der Waals surface area contributed by atoms with Gasteiger partial charge in [0, 0.05) is 49.3 Å². The molecule has 10 rings (SSSR count). The predicted octanol–water partition coefficient (Wildman–Crippen LogP) is 11.0. The number of rotatable bonds is 4. The Balaban J connectivity index is 1.23. The van der Waals surface area contributed by atoms with Crippen LogP contribution in [0.5, 0.6) is 0 Å². The van der Waals surface area contributed by atoms with Gasteiger partial charge in [-0.05, 0) is 41.8 Å². The Kier molecular flexibility index (Phi) is 5.81. The fourth-order valence-electron chi connectivity index (χ4n) is 7.06. The maximum absolute atomic E-state index is 6.40. The maximum atomic E-state index is 6.40. The van der Waals surface area contributed by atoms with E-state index < -0.39 is 0 Å². The lowest BCUT2D eigenvalue weighted by Crippen LogP contribution is -2.01. The number of benzene rings is 7. The summed E-state index contributed by atoms with van der Waals surface area (Å²) in [6, 6.07) is 54.4. The lowest BCUT2D eigenvalue weighted by atomic mass is 9.99. The van der Waals surface area contributed by atoms with Crippen LogP contribution in [0.15, 0.2) is 162 Å². The van der Waals surface area contributed by atoms with Crippen LogP contribution < -0.4 is 0 Å². The largest absolute Gasteiger partial charge is 0.455 e. The van der Waals surface area contributed by atoms with Crippen LogP contribution in [0, 0.1) is 0 Å². The van der Waals surface area contributed by atoms with Crippen molar-refractivity contribution in [2.75, 3.05) is 0 Å². The molecule has 5 nitrogen and oxygen atoms in total. The van der Waals surface area contributed by atoms with Crippen molar-refractivity contribution in [1.29, 1.82) is 0 Å². The molecule has 0 unspecified atom stereocenters. The number of furan rings is 1. The molecule has 48 heavy (non-hydrogen) atoms. The van der Waals surface area contributed by atoms with Gasteiger partial charge in [0.2, 0.25) is 0 Å². The lowest BCUT2D eigenvalue weighted by molar-refractivity contribution is 0.672. The van der Waals surface area contributed by atoms with Gasteiger partial charge in [-0.2, -0.15) is 0 Å². The molecule has 0 radical (unpaired) electrons. The molecule has 0 aliphatic rings. The van der Waals surface area contributed by atoms with Gasteiger partial charge in [0.15, 0.2) is 17.5 Å². The molecule has 3 aromatic heterocycles. The van der Waals surface area contributed by atoms with Gasteiger partial charge in [-0.15, -0.1) is 0 Å². The second-order valence-electron chi connectivity index (χ2n) is 12.0. The minimum absolute atomic E-state index is 0.614. The molecule has 0 amide bonds. The van der Waals surface area contributed by atoms with E-state index in [0.29, 0.717) is 17.5 Å². The highest BCUT2D eigenvalue weighted by molar-refractivity contribution is 6.18. The van der Waals surface area contributed by atoms with Gasteiger partial charge in [-0.3, -0.25) is 0 Å². The molecule has 3 heterocycles. The van der Waals surface area contributed by atoms with Crippen molar-refractivity contribution in [3.8, 4) is 39.9 Å². The molecule has 0 fully saturated rings. The number of hydrogen-bond acceptors (Lipinski definition) is 4. The summed E-state index contributed by atoms with van der Waals surface area (Å²) in [5.41, 5.74) is 7.86. The zero-order valence-corrected chi connectivity index (χ0v) is 25.7. The number of fused-ring (bicyclic) bond motifs is 8. The Morgan fingerprint density at radius 1 is 0.396 bits per heavy atom. The number of nitrogens with zero attached hydrogens (tertiary/aromatic N) is 4. The number of aromatic nitrogens is 4. The van der Waals surface area contributed by atoms with E-state index in [0.717, 1.165) is 66.1 Å². The normalized spacial score (nSPS) is 11.8. The average Bonchev–Trinajstić information content (AvgIpc) is 3.71. The highest BCUT2D eigenvalue weighted by atomic mass is 16.3. The molecular formula is C43H26N4O. The Bertz CT molecular complexity index is 2800. The molecule has 0 saturated carbocycles. The maximum Gasteiger partial charge on any atom is 0.164 e. The summed E-state index contributed by atoms with van der Waals surface area (Å²) in [5.74, 6) is 1.85.